The number of rotatable bonds is 4. The second-order valence-corrected chi connectivity index (χ2v) is 6.73. The Morgan fingerprint density at radius 2 is 1.81 bits per heavy atom. The standard InChI is InChI=1S/C18H24ClN3O3.ClH/c19-15-4-2-1-3-14(15)16-13-20-7-8-22(16)18(24)6-5-17(23)21-9-11-25-12-10-21;/h1-4,16,20H,5-13H2;1H. The molecule has 0 aromatic heterocycles. The van der Waals surface area contributed by atoms with Gasteiger partial charge in [0.05, 0.1) is 19.3 Å². The molecule has 144 valence electrons. The van der Waals surface area contributed by atoms with Crippen molar-refractivity contribution >= 4 is 35.8 Å². The minimum absolute atomic E-state index is 0. The highest BCUT2D eigenvalue weighted by molar-refractivity contribution is 6.31. The number of carbonyl (C=O) groups is 2. The van der Waals surface area contributed by atoms with E-state index in [4.69, 9.17) is 16.3 Å². The van der Waals surface area contributed by atoms with Crippen molar-refractivity contribution in [3.8, 4) is 0 Å². The van der Waals surface area contributed by atoms with Crippen LogP contribution in [0.3, 0.4) is 0 Å². The Kier molecular flexibility index (Phi) is 8.15. The third kappa shape index (κ3) is 5.10. The Labute approximate surface area is 165 Å². The summed E-state index contributed by atoms with van der Waals surface area (Å²) >= 11 is 6.32. The number of ether oxygens (including phenoxy) is 1. The van der Waals surface area contributed by atoms with E-state index in [2.05, 4.69) is 5.32 Å². The van der Waals surface area contributed by atoms with Crippen molar-refractivity contribution < 1.29 is 14.3 Å². The van der Waals surface area contributed by atoms with Crippen LogP contribution in [0.25, 0.3) is 0 Å². The molecule has 1 unspecified atom stereocenters. The van der Waals surface area contributed by atoms with Gasteiger partial charge in [-0.3, -0.25) is 9.59 Å². The van der Waals surface area contributed by atoms with Crippen LogP contribution in [0.1, 0.15) is 24.4 Å². The first-order valence-corrected chi connectivity index (χ1v) is 9.15. The van der Waals surface area contributed by atoms with Gasteiger partial charge in [0.25, 0.3) is 0 Å². The van der Waals surface area contributed by atoms with Gasteiger partial charge in [0.1, 0.15) is 0 Å². The maximum atomic E-state index is 12.7. The number of hydrogen-bond acceptors (Lipinski definition) is 4. The van der Waals surface area contributed by atoms with Gasteiger partial charge in [0.15, 0.2) is 0 Å². The van der Waals surface area contributed by atoms with Crippen LogP contribution in [0.2, 0.25) is 5.02 Å². The van der Waals surface area contributed by atoms with Crippen molar-refractivity contribution in [3.05, 3.63) is 34.9 Å². The smallest absolute Gasteiger partial charge is 0.223 e. The number of hydrogen-bond donors (Lipinski definition) is 1. The van der Waals surface area contributed by atoms with Crippen LogP contribution in [0.5, 0.6) is 0 Å². The maximum Gasteiger partial charge on any atom is 0.223 e. The summed E-state index contributed by atoms with van der Waals surface area (Å²) in [6.07, 6.45) is 0.481. The largest absolute Gasteiger partial charge is 0.378 e. The predicted molar refractivity (Wildman–Crippen MR) is 103 cm³/mol. The SMILES string of the molecule is Cl.O=C(CCC(=O)N1CCNCC1c1ccccc1Cl)N1CCOCC1. The number of carbonyl (C=O) groups excluding carboxylic acids is 2. The van der Waals surface area contributed by atoms with Gasteiger partial charge < -0.3 is 19.9 Å². The molecular weight excluding hydrogens is 377 g/mol. The summed E-state index contributed by atoms with van der Waals surface area (Å²) in [5.74, 6) is 0.0362. The Bertz CT molecular complexity index is 623. The monoisotopic (exact) mass is 401 g/mol. The lowest BCUT2D eigenvalue weighted by molar-refractivity contribution is -0.140. The van der Waals surface area contributed by atoms with Crippen molar-refractivity contribution in [2.75, 3.05) is 45.9 Å². The number of halogens is 2. The van der Waals surface area contributed by atoms with Crippen molar-refractivity contribution in [2.45, 2.75) is 18.9 Å². The third-order valence-electron chi connectivity index (χ3n) is 4.74. The third-order valence-corrected chi connectivity index (χ3v) is 5.09. The van der Waals surface area contributed by atoms with Crippen molar-refractivity contribution in [1.82, 2.24) is 15.1 Å². The predicted octanol–water partition coefficient (Wildman–Crippen LogP) is 1.87. The van der Waals surface area contributed by atoms with E-state index < -0.39 is 0 Å². The van der Waals surface area contributed by atoms with Crippen LogP contribution >= 0.6 is 24.0 Å². The van der Waals surface area contributed by atoms with Gasteiger partial charge in [-0.05, 0) is 11.6 Å². The number of amides is 2. The molecule has 8 heteroatoms. The van der Waals surface area contributed by atoms with Crippen LogP contribution in [-0.4, -0.2) is 67.6 Å². The second-order valence-electron chi connectivity index (χ2n) is 6.32. The lowest BCUT2D eigenvalue weighted by Gasteiger charge is -2.37. The molecule has 2 amide bonds. The molecule has 2 aliphatic heterocycles. The van der Waals surface area contributed by atoms with Crippen LogP contribution in [0.15, 0.2) is 24.3 Å². The van der Waals surface area contributed by atoms with Crippen molar-refractivity contribution in [1.29, 1.82) is 0 Å². The molecule has 1 aromatic rings. The first kappa shape index (κ1) is 21.0. The second kappa shape index (κ2) is 10.1. The summed E-state index contributed by atoms with van der Waals surface area (Å²) in [6, 6.07) is 7.53. The topological polar surface area (TPSA) is 61.9 Å². The molecule has 2 saturated heterocycles. The summed E-state index contributed by atoms with van der Waals surface area (Å²) < 4.78 is 5.26. The van der Waals surface area contributed by atoms with Gasteiger partial charge in [-0.2, -0.15) is 0 Å². The summed E-state index contributed by atoms with van der Waals surface area (Å²) in [7, 11) is 0. The molecule has 0 radical (unpaired) electrons. The van der Waals surface area contributed by atoms with Crippen LogP contribution in [0, 0.1) is 0 Å². The van der Waals surface area contributed by atoms with E-state index >= 15 is 0 Å². The Morgan fingerprint density at radius 1 is 1.12 bits per heavy atom. The minimum Gasteiger partial charge on any atom is -0.378 e. The molecule has 6 nitrogen and oxygen atoms in total. The highest BCUT2D eigenvalue weighted by atomic mass is 35.5. The summed E-state index contributed by atoms with van der Waals surface area (Å²) in [6.45, 7) is 4.43. The highest BCUT2D eigenvalue weighted by Crippen LogP contribution is 2.29. The first-order valence-electron chi connectivity index (χ1n) is 8.77. The molecule has 1 atom stereocenters. The molecule has 2 aliphatic rings. The van der Waals surface area contributed by atoms with Gasteiger partial charge >= 0.3 is 0 Å². The van der Waals surface area contributed by atoms with Crippen LogP contribution < -0.4 is 5.32 Å². The number of nitrogens with one attached hydrogen (secondary N) is 1. The Balaban J connectivity index is 0.00000243. The minimum atomic E-state index is -0.0894. The van der Waals surface area contributed by atoms with Crippen LogP contribution in [-0.2, 0) is 14.3 Å². The number of morpholine rings is 1. The summed E-state index contributed by atoms with van der Waals surface area (Å²) in [4.78, 5) is 28.6. The first-order chi connectivity index (χ1) is 12.2. The average Bonchev–Trinajstić information content (AvgIpc) is 2.67. The maximum absolute atomic E-state index is 12.7. The van der Waals surface area contributed by atoms with Gasteiger partial charge in [0.2, 0.25) is 11.8 Å². The van der Waals surface area contributed by atoms with E-state index in [1.165, 1.54) is 0 Å². The zero-order chi connectivity index (χ0) is 17.6. The Morgan fingerprint density at radius 3 is 2.54 bits per heavy atom. The fourth-order valence-corrected chi connectivity index (χ4v) is 3.62. The van der Waals surface area contributed by atoms with E-state index in [0.29, 0.717) is 44.4 Å². The van der Waals surface area contributed by atoms with Gasteiger partial charge in [0, 0.05) is 50.6 Å². The fraction of sp³-hybridized carbons (Fsp3) is 0.556. The molecule has 0 aliphatic carbocycles. The molecule has 2 fully saturated rings. The molecule has 2 heterocycles. The molecule has 3 rings (SSSR count). The van der Waals surface area contributed by atoms with E-state index in [9.17, 15) is 9.59 Å². The zero-order valence-electron chi connectivity index (χ0n) is 14.7. The average molecular weight is 402 g/mol. The molecule has 1 aromatic carbocycles. The van der Waals surface area contributed by atoms with Gasteiger partial charge in [-0.1, -0.05) is 29.8 Å². The molecule has 0 spiro atoms. The van der Waals surface area contributed by atoms with Crippen LogP contribution in [0.4, 0.5) is 0 Å². The number of benzene rings is 1. The number of piperazine rings is 1. The van der Waals surface area contributed by atoms with E-state index in [1.807, 2.05) is 29.2 Å². The zero-order valence-corrected chi connectivity index (χ0v) is 16.2. The lowest BCUT2D eigenvalue weighted by Crippen LogP contribution is -2.49. The Hall–Kier alpha value is -1.34. The van der Waals surface area contributed by atoms with Gasteiger partial charge in [-0.25, -0.2) is 0 Å². The molecule has 1 N–H and O–H groups in total. The molecule has 26 heavy (non-hydrogen) atoms. The van der Waals surface area contributed by atoms with Gasteiger partial charge in [-0.15, -0.1) is 12.4 Å². The molecule has 0 bridgehead atoms. The summed E-state index contributed by atoms with van der Waals surface area (Å²) in [5.41, 5.74) is 0.948. The number of nitrogens with zero attached hydrogens (tertiary/aromatic N) is 2. The normalized spacial score (nSPS) is 20.4. The lowest BCUT2D eigenvalue weighted by atomic mass is 10.0. The highest BCUT2D eigenvalue weighted by Gasteiger charge is 2.29. The van der Waals surface area contributed by atoms with E-state index in [1.54, 1.807) is 4.90 Å². The van der Waals surface area contributed by atoms with Crippen molar-refractivity contribution in [2.24, 2.45) is 0 Å². The molecule has 0 saturated carbocycles. The van der Waals surface area contributed by atoms with E-state index in [0.717, 1.165) is 12.1 Å². The molecular formula is C18H25Cl2N3O3. The summed E-state index contributed by atoms with van der Waals surface area (Å²) in [5, 5.41) is 3.99. The van der Waals surface area contributed by atoms with E-state index in [-0.39, 0.29) is 43.1 Å². The fourth-order valence-electron chi connectivity index (χ4n) is 3.35. The quantitative estimate of drug-likeness (QED) is 0.836. The van der Waals surface area contributed by atoms with Crippen molar-refractivity contribution in [3.63, 3.8) is 0 Å².